The number of nitrogens with zero attached hydrogens (tertiary/aromatic N) is 2. The summed E-state index contributed by atoms with van der Waals surface area (Å²) in [6.45, 7) is 10.3. The summed E-state index contributed by atoms with van der Waals surface area (Å²) in [5.41, 5.74) is 1.78. The number of piperidine rings is 1. The third-order valence-electron chi connectivity index (χ3n) is 4.36. The molecule has 2 atom stereocenters. The standard InChI is InChI=1S/C19H30N4O/c1-5-21-19(23-12-14(2)10-15(3)13-23)22-11-16-6-8-17(9-7-16)18(24)20-4/h6-9,14-15H,5,10-13H2,1-4H3,(H,20,24)(H,21,22). The lowest BCUT2D eigenvalue weighted by molar-refractivity contribution is 0.0963. The van der Waals surface area contributed by atoms with Crippen molar-refractivity contribution in [1.82, 2.24) is 15.5 Å². The number of aliphatic imine (C=N–C) groups is 1. The quantitative estimate of drug-likeness (QED) is 0.659. The van der Waals surface area contributed by atoms with Crippen molar-refractivity contribution in [2.24, 2.45) is 16.8 Å². The van der Waals surface area contributed by atoms with Crippen LogP contribution in [0.3, 0.4) is 0 Å². The molecule has 1 heterocycles. The third-order valence-corrected chi connectivity index (χ3v) is 4.36. The maximum Gasteiger partial charge on any atom is 0.251 e. The summed E-state index contributed by atoms with van der Waals surface area (Å²) in [5.74, 6) is 2.33. The summed E-state index contributed by atoms with van der Waals surface area (Å²) in [6, 6.07) is 7.64. The lowest BCUT2D eigenvalue weighted by atomic mass is 9.92. The topological polar surface area (TPSA) is 56.7 Å². The summed E-state index contributed by atoms with van der Waals surface area (Å²) < 4.78 is 0. The van der Waals surface area contributed by atoms with E-state index in [0.717, 1.165) is 31.2 Å². The Bertz CT molecular complexity index is 557. The van der Waals surface area contributed by atoms with Gasteiger partial charge in [0.05, 0.1) is 6.54 Å². The molecule has 2 N–H and O–H groups in total. The Morgan fingerprint density at radius 3 is 2.38 bits per heavy atom. The van der Waals surface area contributed by atoms with E-state index in [-0.39, 0.29) is 5.91 Å². The van der Waals surface area contributed by atoms with Crippen LogP contribution >= 0.6 is 0 Å². The second-order valence-electron chi connectivity index (χ2n) is 6.80. The summed E-state index contributed by atoms with van der Waals surface area (Å²) in [7, 11) is 1.64. The van der Waals surface area contributed by atoms with Crippen molar-refractivity contribution in [3.63, 3.8) is 0 Å². The monoisotopic (exact) mass is 330 g/mol. The molecule has 2 rings (SSSR count). The molecule has 1 amide bonds. The molecule has 1 saturated heterocycles. The van der Waals surface area contributed by atoms with Crippen LogP contribution in [0, 0.1) is 11.8 Å². The van der Waals surface area contributed by atoms with Crippen LogP contribution in [-0.4, -0.2) is 43.4 Å². The van der Waals surface area contributed by atoms with E-state index in [0.29, 0.717) is 23.9 Å². The van der Waals surface area contributed by atoms with Gasteiger partial charge in [-0.2, -0.15) is 0 Å². The lowest BCUT2D eigenvalue weighted by Crippen LogP contribution is -2.48. The molecule has 1 fully saturated rings. The maximum absolute atomic E-state index is 11.6. The first-order valence-electron chi connectivity index (χ1n) is 8.87. The van der Waals surface area contributed by atoms with E-state index in [1.165, 1.54) is 6.42 Å². The first-order valence-corrected chi connectivity index (χ1v) is 8.87. The van der Waals surface area contributed by atoms with Crippen LogP contribution in [0.1, 0.15) is 43.1 Å². The molecule has 1 aliphatic heterocycles. The van der Waals surface area contributed by atoms with E-state index >= 15 is 0 Å². The average Bonchev–Trinajstić information content (AvgIpc) is 2.57. The van der Waals surface area contributed by atoms with Crippen molar-refractivity contribution in [2.45, 2.75) is 33.7 Å². The highest BCUT2D eigenvalue weighted by atomic mass is 16.1. The Morgan fingerprint density at radius 2 is 1.83 bits per heavy atom. The Hall–Kier alpha value is -2.04. The number of nitrogens with one attached hydrogen (secondary N) is 2. The van der Waals surface area contributed by atoms with Crippen LogP contribution in [0.5, 0.6) is 0 Å². The Morgan fingerprint density at radius 1 is 1.21 bits per heavy atom. The molecule has 1 aromatic rings. The number of amides is 1. The van der Waals surface area contributed by atoms with Gasteiger partial charge in [-0.15, -0.1) is 0 Å². The lowest BCUT2D eigenvalue weighted by Gasteiger charge is -2.37. The molecule has 2 unspecified atom stereocenters. The smallest absolute Gasteiger partial charge is 0.251 e. The molecule has 0 spiro atoms. The summed E-state index contributed by atoms with van der Waals surface area (Å²) >= 11 is 0. The van der Waals surface area contributed by atoms with Gasteiger partial charge in [0.1, 0.15) is 0 Å². The van der Waals surface area contributed by atoms with Gasteiger partial charge in [-0.05, 0) is 42.9 Å². The van der Waals surface area contributed by atoms with Gasteiger partial charge < -0.3 is 15.5 Å². The molecule has 132 valence electrons. The number of carbonyl (C=O) groups is 1. The van der Waals surface area contributed by atoms with Gasteiger partial charge in [-0.25, -0.2) is 4.99 Å². The van der Waals surface area contributed by atoms with Gasteiger partial charge in [0, 0.05) is 32.2 Å². The fourth-order valence-electron chi connectivity index (χ4n) is 3.33. The van der Waals surface area contributed by atoms with E-state index in [1.807, 2.05) is 24.3 Å². The normalized spacial score (nSPS) is 21.5. The number of benzene rings is 1. The molecule has 0 bridgehead atoms. The number of hydrogen-bond donors (Lipinski definition) is 2. The van der Waals surface area contributed by atoms with E-state index in [1.54, 1.807) is 7.05 Å². The predicted molar refractivity (Wildman–Crippen MR) is 99.2 cm³/mol. The van der Waals surface area contributed by atoms with Crippen molar-refractivity contribution >= 4 is 11.9 Å². The number of guanidine groups is 1. The molecule has 5 heteroatoms. The predicted octanol–water partition coefficient (Wildman–Crippen LogP) is 2.49. The first kappa shape index (κ1) is 18.3. The van der Waals surface area contributed by atoms with Crippen LogP contribution < -0.4 is 10.6 Å². The third kappa shape index (κ3) is 4.98. The fourth-order valence-corrected chi connectivity index (χ4v) is 3.33. The highest BCUT2D eigenvalue weighted by molar-refractivity contribution is 5.93. The van der Waals surface area contributed by atoms with Crippen LogP contribution in [0.2, 0.25) is 0 Å². The zero-order chi connectivity index (χ0) is 17.5. The van der Waals surface area contributed by atoms with E-state index < -0.39 is 0 Å². The van der Waals surface area contributed by atoms with Gasteiger partial charge in [0.25, 0.3) is 5.91 Å². The zero-order valence-electron chi connectivity index (χ0n) is 15.3. The van der Waals surface area contributed by atoms with Gasteiger partial charge in [0.2, 0.25) is 0 Å². The second-order valence-corrected chi connectivity index (χ2v) is 6.80. The summed E-state index contributed by atoms with van der Waals surface area (Å²) in [4.78, 5) is 18.8. The van der Waals surface area contributed by atoms with Crippen molar-refractivity contribution in [1.29, 1.82) is 0 Å². The van der Waals surface area contributed by atoms with Crippen LogP contribution in [0.25, 0.3) is 0 Å². The minimum Gasteiger partial charge on any atom is -0.357 e. The molecular weight excluding hydrogens is 300 g/mol. The number of likely N-dealkylation sites (tertiary alicyclic amines) is 1. The Labute approximate surface area is 145 Å². The van der Waals surface area contributed by atoms with Crippen LogP contribution in [0.4, 0.5) is 0 Å². The molecule has 1 aliphatic rings. The summed E-state index contributed by atoms with van der Waals surface area (Å²) in [5, 5.41) is 6.05. The van der Waals surface area contributed by atoms with Gasteiger partial charge in [0.15, 0.2) is 5.96 Å². The van der Waals surface area contributed by atoms with Gasteiger partial charge >= 0.3 is 0 Å². The number of rotatable bonds is 4. The maximum atomic E-state index is 11.6. The molecule has 0 radical (unpaired) electrons. The van der Waals surface area contributed by atoms with Crippen molar-refractivity contribution in [3.05, 3.63) is 35.4 Å². The largest absolute Gasteiger partial charge is 0.357 e. The molecule has 0 aromatic heterocycles. The molecule has 0 saturated carbocycles. The first-order chi connectivity index (χ1) is 11.5. The fraction of sp³-hybridized carbons (Fsp3) is 0.579. The molecule has 1 aromatic carbocycles. The molecule has 24 heavy (non-hydrogen) atoms. The Balaban J connectivity index is 2.06. The van der Waals surface area contributed by atoms with Crippen molar-refractivity contribution < 1.29 is 4.79 Å². The van der Waals surface area contributed by atoms with Crippen LogP contribution in [0.15, 0.2) is 29.3 Å². The summed E-state index contributed by atoms with van der Waals surface area (Å²) in [6.07, 6.45) is 1.29. The molecule has 0 aliphatic carbocycles. The van der Waals surface area contributed by atoms with E-state index in [9.17, 15) is 4.79 Å². The zero-order valence-corrected chi connectivity index (χ0v) is 15.3. The Kier molecular flexibility index (Phi) is 6.64. The minimum atomic E-state index is -0.0605. The highest BCUT2D eigenvalue weighted by Crippen LogP contribution is 2.21. The minimum absolute atomic E-state index is 0.0605. The molecular formula is C19H30N4O. The van der Waals surface area contributed by atoms with Crippen molar-refractivity contribution in [2.75, 3.05) is 26.7 Å². The van der Waals surface area contributed by atoms with Gasteiger partial charge in [-0.3, -0.25) is 4.79 Å². The average molecular weight is 330 g/mol. The number of carbonyl (C=O) groups excluding carboxylic acids is 1. The number of hydrogen-bond acceptors (Lipinski definition) is 2. The van der Waals surface area contributed by atoms with Gasteiger partial charge in [-0.1, -0.05) is 26.0 Å². The molecule has 5 nitrogen and oxygen atoms in total. The van der Waals surface area contributed by atoms with Crippen LogP contribution in [-0.2, 0) is 6.54 Å². The highest BCUT2D eigenvalue weighted by Gasteiger charge is 2.23. The van der Waals surface area contributed by atoms with E-state index in [4.69, 9.17) is 4.99 Å². The second kappa shape index (κ2) is 8.71. The van der Waals surface area contributed by atoms with E-state index in [2.05, 4.69) is 36.3 Å². The SMILES string of the molecule is CCNC(=NCc1ccc(C(=O)NC)cc1)N1CC(C)CC(C)C1. The van der Waals surface area contributed by atoms with Crippen molar-refractivity contribution in [3.8, 4) is 0 Å².